The first-order chi connectivity index (χ1) is 13.8. The molecule has 0 fully saturated rings. The van der Waals surface area contributed by atoms with Crippen LogP contribution in [0.5, 0.6) is 0 Å². The fourth-order valence-corrected chi connectivity index (χ4v) is 3.98. The van der Waals surface area contributed by atoms with Gasteiger partial charge in [0.15, 0.2) is 0 Å². The SMILES string of the molecule is O=C(NCCc1ccc(F)cc1)c1ccc(NS(=O)(=O)c2ccccc2)cc1Cl. The van der Waals surface area contributed by atoms with Gasteiger partial charge in [0.1, 0.15) is 5.82 Å². The Morgan fingerprint density at radius 1 is 0.966 bits per heavy atom. The monoisotopic (exact) mass is 432 g/mol. The molecule has 0 atom stereocenters. The maximum atomic E-state index is 12.9. The van der Waals surface area contributed by atoms with E-state index in [9.17, 15) is 17.6 Å². The van der Waals surface area contributed by atoms with Crippen molar-refractivity contribution in [3.8, 4) is 0 Å². The van der Waals surface area contributed by atoms with Crippen LogP contribution in [0.4, 0.5) is 10.1 Å². The minimum atomic E-state index is -3.75. The molecule has 5 nitrogen and oxygen atoms in total. The Morgan fingerprint density at radius 2 is 1.66 bits per heavy atom. The standard InChI is InChI=1S/C21H18ClFN2O3S/c22-20-14-17(25-29(27,28)18-4-2-1-3-5-18)10-11-19(20)21(26)24-13-12-15-6-8-16(23)9-7-15/h1-11,14,25H,12-13H2,(H,24,26). The molecule has 150 valence electrons. The summed E-state index contributed by atoms with van der Waals surface area (Å²) in [6, 6.07) is 18.3. The number of amides is 1. The fraction of sp³-hybridized carbons (Fsp3) is 0.0952. The van der Waals surface area contributed by atoms with Crippen molar-refractivity contribution in [1.82, 2.24) is 5.32 Å². The van der Waals surface area contributed by atoms with E-state index in [-0.39, 0.29) is 32.9 Å². The zero-order chi connectivity index (χ0) is 20.9. The van der Waals surface area contributed by atoms with Gasteiger partial charge in [-0.25, -0.2) is 12.8 Å². The molecule has 0 radical (unpaired) electrons. The van der Waals surface area contributed by atoms with Gasteiger partial charge in [0.2, 0.25) is 0 Å². The van der Waals surface area contributed by atoms with Crippen molar-refractivity contribution in [1.29, 1.82) is 0 Å². The van der Waals surface area contributed by atoms with Crippen molar-refractivity contribution in [2.24, 2.45) is 0 Å². The number of hydrogen-bond acceptors (Lipinski definition) is 3. The van der Waals surface area contributed by atoms with Gasteiger partial charge in [-0.05, 0) is 54.4 Å². The number of benzene rings is 3. The first-order valence-corrected chi connectivity index (χ1v) is 10.6. The molecule has 3 rings (SSSR count). The average molecular weight is 433 g/mol. The number of sulfonamides is 1. The van der Waals surface area contributed by atoms with Gasteiger partial charge < -0.3 is 5.32 Å². The minimum Gasteiger partial charge on any atom is -0.352 e. The van der Waals surface area contributed by atoms with Crippen molar-refractivity contribution >= 4 is 33.2 Å². The Kier molecular flexibility index (Phi) is 6.51. The van der Waals surface area contributed by atoms with Gasteiger partial charge in [0.25, 0.3) is 15.9 Å². The van der Waals surface area contributed by atoms with Crippen molar-refractivity contribution in [2.45, 2.75) is 11.3 Å². The van der Waals surface area contributed by atoms with E-state index in [2.05, 4.69) is 10.0 Å². The van der Waals surface area contributed by atoms with Gasteiger partial charge in [-0.3, -0.25) is 9.52 Å². The molecular weight excluding hydrogens is 415 g/mol. The average Bonchev–Trinajstić information content (AvgIpc) is 2.70. The third-order valence-corrected chi connectivity index (χ3v) is 5.84. The highest BCUT2D eigenvalue weighted by molar-refractivity contribution is 7.92. The normalized spacial score (nSPS) is 11.1. The van der Waals surface area contributed by atoms with Crippen LogP contribution < -0.4 is 10.0 Å². The van der Waals surface area contributed by atoms with Crippen LogP contribution in [0.15, 0.2) is 77.7 Å². The zero-order valence-electron chi connectivity index (χ0n) is 15.2. The first-order valence-electron chi connectivity index (χ1n) is 8.75. The third kappa shape index (κ3) is 5.56. The molecule has 8 heteroatoms. The molecule has 0 spiro atoms. The molecule has 0 heterocycles. The van der Waals surface area contributed by atoms with E-state index in [4.69, 9.17) is 11.6 Å². The van der Waals surface area contributed by atoms with Gasteiger partial charge in [0.05, 0.1) is 21.2 Å². The summed E-state index contributed by atoms with van der Waals surface area (Å²) in [5.41, 5.74) is 1.37. The highest BCUT2D eigenvalue weighted by Gasteiger charge is 2.16. The number of anilines is 1. The summed E-state index contributed by atoms with van der Waals surface area (Å²) >= 11 is 6.18. The Balaban J connectivity index is 1.62. The van der Waals surface area contributed by atoms with Crippen LogP contribution in [0, 0.1) is 5.82 Å². The Bertz CT molecular complexity index is 1100. The van der Waals surface area contributed by atoms with Gasteiger partial charge >= 0.3 is 0 Å². The Morgan fingerprint density at radius 3 is 2.31 bits per heavy atom. The van der Waals surface area contributed by atoms with Crippen LogP contribution >= 0.6 is 11.6 Å². The smallest absolute Gasteiger partial charge is 0.261 e. The molecule has 3 aromatic rings. The molecule has 0 saturated carbocycles. The van der Waals surface area contributed by atoms with E-state index in [0.717, 1.165) is 5.56 Å². The highest BCUT2D eigenvalue weighted by atomic mass is 35.5. The third-order valence-electron chi connectivity index (χ3n) is 4.13. The summed E-state index contributed by atoms with van der Waals surface area (Å²) in [7, 11) is -3.75. The fourth-order valence-electron chi connectivity index (χ4n) is 2.64. The lowest BCUT2D eigenvalue weighted by molar-refractivity contribution is 0.0954. The lowest BCUT2D eigenvalue weighted by atomic mass is 10.1. The van der Waals surface area contributed by atoms with Crippen LogP contribution in [0.25, 0.3) is 0 Å². The van der Waals surface area contributed by atoms with Gasteiger partial charge in [-0.15, -0.1) is 0 Å². The largest absolute Gasteiger partial charge is 0.352 e. The van der Waals surface area contributed by atoms with E-state index in [1.54, 1.807) is 30.3 Å². The zero-order valence-corrected chi connectivity index (χ0v) is 16.8. The summed E-state index contributed by atoms with van der Waals surface area (Å²) < 4.78 is 40.1. The summed E-state index contributed by atoms with van der Waals surface area (Å²) in [6.07, 6.45) is 0.540. The van der Waals surface area contributed by atoms with E-state index < -0.39 is 10.0 Å². The molecule has 0 saturated heterocycles. The van der Waals surface area contributed by atoms with E-state index in [0.29, 0.717) is 13.0 Å². The topological polar surface area (TPSA) is 75.3 Å². The van der Waals surface area contributed by atoms with Crippen molar-refractivity contribution in [2.75, 3.05) is 11.3 Å². The summed E-state index contributed by atoms with van der Waals surface area (Å²) in [5, 5.41) is 2.86. The Labute approximate surface area is 173 Å². The molecule has 1 amide bonds. The lowest BCUT2D eigenvalue weighted by Crippen LogP contribution is -2.26. The van der Waals surface area contributed by atoms with E-state index in [1.165, 1.54) is 42.5 Å². The van der Waals surface area contributed by atoms with Crippen molar-refractivity contribution in [3.05, 3.63) is 94.8 Å². The molecule has 2 N–H and O–H groups in total. The van der Waals surface area contributed by atoms with Crippen LogP contribution in [-0.2, 0) is 16.4 Å². The second kappa shape index (κ2) is 9.07. The summed E-state index contributed by atoms with van der Waals surface area (Å²) in [5.74, 6) is -0.692. The van der Waals surface area contributed by atoms with Gasteiger partial charge in [-0.2, -0.15) is 0 Å². The molecule has 0 unspecified atom stereocenters. The number of nitrogens with one attached hydrogen (secondary N) is 2. The molecular formula is C21H18ClFN2O3S. The van der Waals surface area contributed by atoms with Crippen LogP contribution in [0.3, 0.4) is 0 Å². The number of carbonyl (C=O) groups excluding carboxylic acids is 1. The van der Waals surface area contributed by atoms with Gasteiger partial charge in [-0.1, -0.05) is 41.9 Å². The predicted molar refractivity (Wildman–Crippen MR) is 111 cm³/mol. The Hall–Kier alpha value is -2.90. The molecule has 0 aliphatic heterocycles. The van der Waals surface area contributed by atoms with Crippen LogP contribution in [0.1, 0.15) is 15.9 Å². The second-order valence-electron chi connectivity index (χ2n) is 6.25. The maximum absolute atomic E-state index is 12.9. The number of carbonyl (C=O) groups is 1. The lowest BCUT2D eigenvalue weighted by Gasteiger charge is -2.11. The summed E-state index contributed by atoms with van der Waals surface area (Å²) in [6.45, 7) is 0.350. The van der Waals surface area contributed by atoms with Crippen LogP contribution in [0.2, 0.25) is 5.02 Å². The predicted octanol–water partition coefficient (Wildman–Crippen LogP) is 4.25. The summed E-state index contributed by atoms with van der Waals surface area (Å²) in [4.78, 5) is 12.5. The molecule has 0 aliphatic carbocycles. The molecule has 0 bridgehead atoms. The number of hydrogen-bond donors (Lipinski definition) is 2. The maximum Gasteiger partial charge on any atom is 0.261 e. The van der Waals surface area contributed by atoms with E-state index in [1.807, 2.05) is 0 Å². The molecule has 0 aliphatic rings. The van der Waals surface area contributed by atoms with Crippen LogP contribution in [-0.4, -0.2) is 20.9 Å². The number of rotatable bonds is 7. The van der Waals surface area contributed by atoms with Crippen molar-refractivity contribution in [3.63, 3.8) is 0 Å². The minimum absolute atomic E-state index is 0.123. The molecule has 0 aromatic heterocycles. The van der Waals surface area contributed by atoms with Gasteiger partial charge in [0, 0.05) is 6.54 Å². The highest BCUT2D eigenvalue weighted by Crippen LogP contribution is 2.23. The molecule has 29 heavy (non-hydrogen) atoms. The second-order valence-corrected chi connectivity index (χ2v) is 8.34. The first kappa shape index (κ1) is 20.8. The molecule has 3 aromatic carbocycles. The van der Waals surface area contributed by atoms with E-state index >= 15 is 0 Å². The van der Waals surface area contributed by atoms with Crippen molar-refractivity contribution < 1.29 is 17.6 Å². The quantitative estimate of drug-likeness (QED) is 0.586. The number of halogens is 2.